The Morgan fingerprint density at radius 2 is 1.90 bits per heavy atom. The van der Waals surface area contributed by atoms with Crippen LogP contribution in [0.5, 0.6) is 0 Å². The van der Waals surface area contributed by atoms with Gasteiger partial charge >= 0.3 is 11.9 Å². The average Bonchev–Trinajstić information content (AvgIpc) is 2.69. The Balaban J connectivity index is 2.48. The van der Waals surface area contributed by atoms with Crippen LogP contribution < -0.4 is 0 Å². The summed E-state index contributed by atoms with van der Waals surface area (Å²) in [4.78, 5) is 36.3. The number of methoxy groups -OCH3 is 1. The van der Waals surface area contributed by atoms with Gasteiger partial charge in [-0.1, -0.05) is 19.6 Å². The van der Waals surface area contributed by atoms with Crippen molar-refractivity contribution >= 4 is 18.2 Å². The average molecular weight is 410 g/mol. The van der Waals surface area contributed by atoms with Gasteiger partial charge in [-0.2, -0.15) is 0 Å². The zero-order valence-corrected chi connectivity index (χ0v) is 17.0. The van der Waals surface area contributed by atoms with E-state index in [-0.39, 0.29) is 17.6 Å². The van der Waals surface area contributed by atoms with Gasteiger partial charge in [0, 0.05) is 22.8 Å². The van der Waals surface area contributed by atoms with Crippen LogP contribution in [-0.4, -0.2) is 65.6 Å². The van der Waals surface area contributed by atoms with E-state index in [9.17, 15) is 29.7 Å². The molecule has 29 heavy (non-hydrogen) atoms. The third kappa shape index (κ3) is 4.15. The normalized spacial score (nSPS) is 37.2. The minimum absolute atomic E-state index is 0.0316. The van der Waals surface area contributed by atoms with Crippen LogP contribution in [-0.2, 0) is 23.9 Å². The Bertz CT molecular complexity index is 699. The number of aldehydes is 1. The maximum Gasteiger partial charge on any atom is 0.336 e. The third-order valence-electron chi connectivity index (χ3n) is 6.60. The lowest BCUT2D eigenvalue weighted by Gasteiger charge is -2.56. The van der Waals surface area contributed by atoms with Crippen molar-refractivity contribution in [3.8, 4) is 0 Å². The molecular weight excluding hydrogens is 380 g/mol. The Kier molecular flexibility index (Phi) is 7.37. The highest BCUT2D eigenvalue weighted by Crippen LogP contribution is 2.55. The number of rotatable bonds is 6. The predicted molar refractivity (Wildman–Crippen MR) is 102 cm³/mol. The molecule has 8 nitrogen and oxygen atoms in total. The summed E-state index contributed by atoms with van der Waals surface area (Å²) in [6, 6.07) is 0. The largest absolute Gasteiger partial charge is 0.466 e. The van der Waals surface area contributed by atoms with Gasteiger partial charge in [0.15, 0.2) is 0 Å². The summed E-state index contributed by atoms with van der Waals surface area (Å²) in [5, 5.41) is 31.2. The van der Waals surface area contributed by atoms with E-state index in [1.165, 1.54) is 13.2 Å². The zero-order valence-electron chi connectivity index (χ0n) is 17.0. The van der Waals surface area contributed by atoms with Gasteiger partial charge in [0.05, 0.1) is 37.4 Å². The van der Waals surface area contributed by atoms with E-state index in [0.29, 0.717) is 12.8 Å². The molecule has 0 aromatic rings. The van der Waals surface area contributed by atoms with E-state index in [1.54, 1.807) is 13.8 Å². The smallest absolute Gasteiger partial charge is 0.336 e. The molecule has 0 bridgehead atoms. The number of esters is 2. The first-order chi connectivity index (χ1) is 13.7. The molecule has 2 saturated carbocycles. The van der Waals surface area contributed by atoms with E-state index in [4.69, 9.17) is 9.47 Å². The molecule has 0 saturated heterocycles. The van der Waals surface area contributed by atoms with Gasteiger partial charge in [-0.05, 0) is 26.2 Å². The molecule has 0 amide bonds. The Labute approximate surface area is 170 Å². The van der Waals surface area contributed by atoms with Gasteiger partial charge in [0.25, 0.3) is 0 Å². The van der Waals surface area contributed by atoms with Crippen LogP contribution in [0.1, 0.15) is 33.1 Å². The fourth-order valence-corrected chi connectivity index (χ4v) is 4.94. The van der Waals surface area contributed by atoms with E-state index in [0.717, 1.165) is 6.29 Å². The van der Waals surface area contributed by atoms with Crippen molar-refractivity contribution in [2.24, 2.45) is 23.2 Å². The van der Waals surface area contributed by atoms with E-state index in [1.807, 2.05) is 0 Å². The van der Waals surface area contributed by atoms with E-state index < -0.39 is 60.0 Å². The molecule has 2 fully saturated rings. The molecule has 8 heteroatoms. The maximum atomic E-state index is 12.5. The maximum absolute atomic E-state index is 12.5. The minimum atomic E-state index is -1.26. The van der Waals surface area contributed by atoms with Crippen LogP contribution in [0.15, 0.2) is 23.8 Å². The van der Waals surface area contributed by atoms with Crippen molar-refractivity contribution in [1.82, 2.24) is 0 Å². The molecule has 0 spiro atoms. The van der Waals surface area contributed by atoms with Gasteiger partial charge in [-0.25, -0.2) is 9.59 Å². The Morgan fingerprint density at radius 1 is 1.24 bits per heavy atom. The molecule has 0 aromatic heterocycles. The summed E-state index contributed by atoms with van der Waals surface area (Å²) in [7, 11) is 1.18. The van der Waals surface area contributed by atoms with Crippen LogP contribution in [0.3, 0.4) is 0 Å². The number of carbonyl (C=O) groups is 3. The van der Waals surface area contributed by atoms with Crippen molar-refractivity contribution in [3.63, 3.8) is 0 Å². The number of ether oxygens (including phenoxy) is 2. The second kappa shape index (κ2) is 9.19. The number of hydrogen-bond acceptors (Lipinski definition) is 8. The first-order valence-electron chi connectivity index (χ1n) is 9.71. The molecule has 0 radical (unpaired) electrons. The van der Waals surface area contributed by atoms with Gasteiger partial charge in [0.1, 0.15) is 12.4 Å². The summed E-state index contributed by atoms with van der Waals surface area (Å²) < 4.78 is 10.3. The first-order valence-corrected chi connectivity index (χ1v) is 9.71. The van der Waals surface area contributed by atoms with Crippen LogP contribution in [0.2, 0.25) is 0 Å². The molecule has 0 heterocycles. The summed E-state index contributed by atoms with van der Waals surface area (Å²) in [5.74, 6) is -3.69. The number of carbonyl (C=O) groups excluding carboxylic acids is 3. The van der Waals surface area contributed by atoms with Crippen LogP contribution in [0, 0.1) is 23.2 Å². The molecule has 2 aliphatic carbocycles. The van der Waals surface area contributed by atoms with Gasteiger partial charge < -0.3 is 29.6 Å². The highest BCUT2D eigenvalue weighted by atomic mass is 16.5. The van der Waals surface area contributed by atoms with Crippen LogP contribution in [0.4, 0.5) is 0 Å². The van der Waals surface area contributed by atoms with Crippen molar-refractivity contribution in [3.05, 3.63) is 23.8 Å². The highest BCUT2D eigenvalue weighted by Gasteiger charge is 2.59. The van der Waals surface area contributed by atoms with Crippen molar-refractivity contribution in [1.29, 1.82) is 0 Å². The Hall–Kier alpha value is -2.03. The topological polar surface area (TPSA) is 130 Å². The van der Waals surface area contributed by atoms with Crippen LogP contribution in [0.25, 0.3) is 0 Å². The number of aliphatic hydroxyl groups is 3. The molecule has 0 aliphatic heterocycles. The molecule has 2 aliphatic rings. The molecule has 2 rings (SSSR count). The quantitative estimate of drug-likeness (QED) is 0.329. The van der Waals surface area contributed by atoms with Crippen LogP contribution >= 0.6 is 0 Å². The third-order valence-corrected chi connectivity index (χ3v) is 6.60. The Morgan fingerprint density at radius 3 is 2.41 bits per heavy atom. The summed E-state index contributed by atoms with van der Waals surface area (Å²) in [6.07, 6.45) is 0.0273. The summed E-state index contributed by atoms with van der Waals surface area (Å²) >= 11 is 0. The molecule has 7 atom stereocenters. The second-order valence-electron chi connectivity index (χ2n) is 8.08. The lowest BCUT2D eigenvalue weighted by molar-refractivity contribution is -0.197. The predicted octanol–water partition coefficient (Wildman–Crippen LogP) is 0.539. The molecule has 162 valence electrons. The van der Waals surface area contributed by atoms with Crippen molar-refractivity contribution < 1.29 is 39.2 Å². The lowest BCUT2D eigenvalue weighted by atomic mass is 9.51. The molecule has 3 N–H and O–H groups in total. The fourth-order valence-electron chi connectivity index (χ4n) is 4.94. The number of aliphatic hydroxyl groups excluding tert-OH is 3. The minimum Gasteiger partial charge on any atom is -0.466 e. The number of fused-ring (bicyclic) bond motifs is 1. The molecule has 2 unspecified atom stereocenters. The summed E-state index contributed by atoms with van der Waals surface area (Å²) in [5.41, 5.74) is -0.948. The first kappa shape index (κ1) is 23.3. The highest BCUT2D eigenvalue weighted by molar-refractivity contribution is 5.90. The molecular formula is C21H30O8. The van der Waals surface area contributed by atoms with E-state index in [2.05, 4.69) is 6.58 Å². The number of hydrogen-bond donors (Lipinski definition) is 3. The van der Waals surface area contributed by atoms with Gasteiger partial charge in [-0.15, -0.1) is 0 Å². The van der Waals surface area contributed by atoms with Crippen molar-refractivity contribution in [2.75, 3.05) is 13.7 Å². The number of allylic oxidation sites excluding steroid dienone is 1. The van der Waals surface area contributed by atoms with E-state index >= 15 is 0 Å². The fraction of sp³-hybridized carbons (Fsp3) is 0.667. The molecule has 0 aromatic carbocycles. The van der Waals surface area contributed by atoms with Gasteiger partial charge in [-0.3, -0.25) is 0 Å². The monoisotopic (exact) mass is 410 g/mol. The van der Waals surface area contributed by atoms with Gasteiger partial charge in [0.2, 0.25) is 0 Å². The second-order valence-corrected chi connectivity index (χ2v) is 8.08. The standard InChI is InChI=1S/C21H30O8/c1-5-12(9-22)20(27)29-14-8-21(3)15(24)7-6-13(10-23)17(21)18(25)16(14)11(2)19(26)28-4/h5,10,13-18,22,24-25H,2,6-9H2,1,3-4H3/b12-5+/t13?,14-,15+,16+,17?,18-,21-/m0/s1. The van der Waals surface area contributed by atoms with Crippen molar-refractivity contribution in [2.45, 2.75) is 51.4 Å². The zero-order chi connectivity index (χ0) is 21.9. The summed E-state index contributed by atoms with van der Waals surface area (Å²) in [6.45, 7) is 6.53. The lowest BCUT2D eigenvalue weighted by Crippen LogP contribution is -2.61. The SMILES string of the molecule is C=C(C(=O)OC)[C@@H]1[C@@H](OC(=O)/C(=C/C)CO)C[C@]2(C)C(C(C=O)CC[C@H]2O)[C@H]1O.